The van der Waals surface area contributed by atoms with Gasteiger partial charge >= 0.3 is 0 Å². The molecule has 0 unspecified atom stereocenters. The average Bonchev–Trinajstić information content (AvgIpc) is 3.07. The van der Waals surface area contributed by atoms with Crippen LogP contribution in [0.5, 0.6) is 5.75 Å². The Hall–Kier alpha value is -3.38. The van der Waals surface area contributed by atoms with Crippen molar-refractivity contribution in [2.45, 2.75) is 38.6 Å². The highest BCUT2D eigenvalue weighted by Crippen LogP contribution is 2.40. The van der Waals surface area contributed by atoms with E-state index in [1.54, 1.807) is 37.5 Å². The first-order chi connectivity index (χ1) is 16.2. The number of aliphatic hydroxyl groups excluding tert-OH is 1. The molecular weight excluding hydrogens is 430 g/mol. The van der Waals surface area contributed by atoms with E-state index >= 15 is 0 Å². The molecule has 2 aromatic carbocycles. The Morgan fingerprint density at radius 1 is 1.09 bits per heavy atom. The summed E-state index contributed by atoms with van der Waals surface area (Å²) in [7, 11) is 1.60. The molecular formula is C28H33NO5. The number of Topliss-reactive ketones (excluding diaryl/α,β-unsaturated/α-hetero) is 1. The van der Waals surface area contributed by atoms with Gasteiger partial charge in [0.15, 0.2) is 0 Å². The SMILES string of the molecule is C=CCOc1ccc(C(O)=C2C(=O)C(=O)N(CCCOC)[C@@H]2c2ccc(C(C)(C)C)cc2)cc1. The molecule has 1 aliphatic heterocycles. The molecule has 1 amide bonds. The van der Waals surface area contributed by atoms with Crippen molar-refractivity contribution in [2.24, 2.45) is 0 Å². The van der Waals surface area contributed by atoms with Crippen LogP contribution in [-0.4, -0.2) is 48.6 Å². The van der Waals surface area contributed by atoms with Gasteiger partial charge in [0, 0.05) is 25.8 Å². The van der Waals surface area contributed by atoms with Crippen molar-refractivity contribution < 1.29 is 24.2 Å². The first-order valence-corrected chi connectivity index (χ1v) is 11.4. The number of hydrogen-bond donors (Lipinski definition) is 1. The fourth-order valence-corrected chi connectivity index (χ4v) is 4.02. The van der Waals surface area contributed by atoms with Gasteiger partial charge < -0.3 is 19.5 Å². The van der Waals surface area contributed by atoms with Gasteiger partial charge in [-0.1, -0.05) is 57.7 Å². The third-order valence-electron chi connectivity index (χ3n) is 5.88. The normalized spacial score (nSPS) is 17.8. The lowest BCUT2D eigenvalue weighted by molar-refractivity contribution is -0.140. The van der Waals surface area contributed by atoms with Crippen LogP contribution in [0.25, 0.3) is 5.76 Å². The molecule has 0 radical (unpaired) electrons. The van der Waals surface area contributed by atoms with E-state index in [-0.39, 0.29) is 16.7 Å². The van der Waals surface area contributed by atoms with Crippen LogP contribution in [0.4, 0.5) is 0 Å². The Labute approximate surface area is 201 Å². The number of benzene rings is 2. The number of aliphatic hydroxyl groups is 1. The summed E-state index contributed by atoms with van der Waals surface area (Å²) >= 11 is 0. The van der Waals surface area contributed by atoms with Gasteiger partial charge in [0.05, 0.1) is 11.6 Å². The minimum absolute atomic E-state index is 0.0335. The second-order valence-corrected chi connectivity index (χ2v) is 9.33. The maximum Gasteiger partial charge on any atom is 0.295 e. The zero-order valence-electron chi connectivity index (χ0n) is 20.3. The minimum Gasteiger partial charge on any atom is -0.507 e. The molecule has 6 nitrogen and oxygen atoms in total. The molecule has 0 aliphatic carbocycles. The van der Waals surface area contributed by atoms with E-state index in [4.69, 9.17) is 9.47 Å². The molecule has 1 saturated heterocycles. The van der Waals surface area contributed by atoms with Gasteiger partial charge in [-0.05, 0) is 47.2 Å². The van der Waals surface area contributed by atoms with Crippen molar-refractivity contribution in [3.63, 3.8) is 0 Å². The van der Waals surface area contributed by atoms with Crippen molar-refractivity contribution in [1.29, 1.82) is 0 Å². The maximum absolute atomic E-state index is 13.1. The van der Waals surface area contributed by atoms with Crippen LogP contribution in [-0.2, 0) is 19.7 Å². The quantitative estimate of drug-likeness (QED) is 0.186. The monoisotopic (exact) mass is 463 g/mol. The van der Waals surface area contributed by atoms with E-state index in [0.29, 0.717) is 37.5 Å². The summed E-state index contributed by atoms with van der Waals surface area (Å²) < 4.78 is 10.6. The van der Waals surface area contributed by atoms with Gasteiger partial charge in [-0.15, -0.1) is 0 Å². The third-order valence-corrected chi connectivity index (χ3v) is 5.88. The van der Waals surface area contributed by atoms with E-state index in [1.807, 2.05) is 24.3 Å². The average molecular weight is 464 g/mol. The van der Waals surface area contributed by atoms with Crippen molar-refractivity contribution in [3.05, 3.63) is 83.4 Å². The summed E-state index contributed by atoms with van der Waals surface area (Å²) in [5, 5.41) is 11.2. The van der Waals surface area contributed by atoms with Crippen LogP contribution in [0.1, 0.15) is 49.9 Å². The topological polar surface area (TPSA) is 76.1 Å². The molecule has 1 fully saturated rings. The highest BCUT2D eigenvalue weighted by Gasteiger charge is 2.45. The van der Waals surface area contributed by atoms with Crippen LogP contribution in [0.3, 0.4) is 0 Å². The summed E-state index contributed by atoms with van der Waals surface area (Å²) in [6.45, 7) is 11.2. The van der Waals surface area contributed by atoms with E-state index < -0.39 is 17.7 Å². The minimum atomic E-state index is -0.688. The standard InChI is InChI=1S/C28H33NO5/c1-6-17-34-22-14-10-20(11-15-22)25(30)23-24(19-8-12-21(13-9-19)28(2,3)4)29(16-7-18-33-5)27(32)26(23)31/h6,8-15,24,30H,1,7,16-18H2,2-5H3/t24-/m1/s1. The number of hydrogen-bond acceptors (Lipinski definition) is 5. The van der Waals surface area contributed by atoms with E-state index in [2.05, 4.69) is 27.4 Å². The van der Waals surface area contributed by atoms with E-state index in [9.17, 15) is 14.7 Å². The molecule has 6 heteroatoms. The molecule has 0 aromatic heterocycles. The lowest BCUT2D eigenvalue weighted by Gasteiger charge is -2.26. The number of carbonyl (C=O) groups excluding carboxylic acids is 2. The van der Waals surface area contributed by atoms with Crippen LogP contribution >= 0.6 is 0 Å². The predicted octanol–water partition coefficient (Wildman–Crippen LogP) is 5.01. The molecule has 0 spiro atoms. The second-order valence-electron chi connectivity index (χ2n) is 9.33. The molecule has 180 valence electrons. The zero-order valence-corrected chi connectivity index (χ0v) is 20.3. The first kappa shape index (κ1) is 25.2. The predicted molar refractivity (Wildman–Crippen MR) is 133 cm³/mol. The van der Waals surface area contributed by atoms with E-state index in [1.165, 1.54) is 4.90 Å². The van der Waals surface area contributed by atoms with Crippen LogP contribution in [0.15, 0.2) is 66.8 Å². The van der Waals surface area contributed by atoms with Crippen LogP contribution in [0, 0.1) is 0 Å². The van der Waals surface area contributed by atoms with Gasteiger partial charge in [0.25, 0.3) is 11.7 Å². The van der Waals surface area contributed by atoms with Crippen molar-refractivity contribution in [2.75, 3.05) is 26.9 Å². The Morgan fingerprint density at radius 3 is 2.29 bits per heavy atom. The Morgan fingerprint density at radius 2 is 1.74 bits per heavy atom. The van der Waals surface area contributed by atoms with Gasteiger partial charge in [-0.3, -0.25) is 9.59 Å². The molecule has 2 aromatic rings. The number of carbonyl (C=O) groups is 2. The summed E-state index contributed by atoms with van der Waals surface area (Å²) in [5.74, 6) is -0.890. The van der Waals surface area contributed by atoms with E-state index in [0.717, 1.165) is 11.1 Å². The molecule has 1 N–H and O–H groups in total. The lowest BCUT2D eigenvalue weighted by Crippen LogP contribution is -2.31. The fraction of sp³-hybridized carbons (Fsp3) is 0.357. The number of nitrogens with zero attached hydrogens (tertiary/aromatic N) is 1. The number of ketones is 1. The molecule has 0 saturated carbocycles. The highest BCUT2D eigenvalue weighted by molar-refractivity contribution is 6.46. The van der Waals surface area contributed by atoms with Crippen molar-refractivity contribution in [1.82, 2.24) is 4.90 Å². The smallest absolute Gasteiger partial charge is 0.295 e. The largest absolute Gasteiger partial charge is 0.507 e. The Balaban J connectivity index is 2.05. The van der Waals surface area contributed by atoms with Crippen molar-refractivity contribution >= 4 is 17.4 Å². The van der Waals surface area contributed by atoms with Crippen molar-refractivity contribution in [3.8, 4) is 5.75 Å². The summed E-state index contributed by atoms with van der Waals surface area (Å²) in [4.78, 5) is 27.6. The highest BCUT2D eigenvalue weighted by atomic mass is 16.5. The Kier molecular flexibility index (Phi) is 7.94. The zero-order chi connectivity index (χ0) is 24.9. The molecule has 3 rings (SSSR count). The second kappa shape index (κ2) is 10.7. The number of amides is 1. The molecule has 0 bridgehead atoms. The molecule has 1 heterocycles. The van der Waals surface area contributed by atoms with Gasteiger partial charge in [-0.25, -0.2) is 0 Å². The molecule has 34 heavy (non-hydrogen) atoms. The first-order valence-electron chi connectivity index (χ1n) is 11.4. The summed E-state index contributed by atoms with van der Waals surface area (Å²) in [5.41, 5.74) is 2.41. The number of likely N-dealkylation sites (tertiary alicyclic amines) is 1. The molecule has 1 aliphatic rings. The van der Waals surface area contributed by atoms with Gasteiger partial charge in [0.1, 0.15) is 18.1 Å². The summed E-state index contributed by atoms with van der Waals surface area (Å²) in [6.07, 6.45) is 2.22. The Bertz CT molecular complexity index is 1060. The third kappa shape index (κ3) is 5.39. The van der Waals surface area contributed by atoms with Gasteiger partial charge in [-0.2, -0.15) is 0 Å². The number of rotatable bonds is 9. The van der Waals surface area contributed by atoms with Gasteiger partial charge in [0.2, 0.25) is 0 Å². The number of ether oxygens (including phenoxy) is 2. The fourth-order valence-electron chi connectivity index (χ4n) is 4.02. The summed E-state index contributed by atoms with van der Waals surface area (Å²) in [6, 6.07) is 14.0. The molecule has 1 atom stereocenters. The lowest BCUT2D eigenvalue weighted by atomic mass is 9.85. The van der Waals surface area contributed by atoms with Crippen LogP contribution < -0.4 is 4.74 Å². The maximum atomic E-state index is 13.1. The number of methoxy groups -OCH3 is 1. The van der Waals surface area contributed by atoms with Crippen LogP contribution in [0.2, 0.25) is 0 Å².